The average Bonchev–Trinajstić information content (AvgIpc) is 3.40. The third-order valence-electron chi connectivity index (χ3n) is 7.44. The number of hydrogen-bond donors (Lipinski definition) is 3. The Kier molecular flexibility index (Phi) is 7.23. The summed E-state index contributed by atoms with van der Waals surface area (Å²) >= 11 is 0. The highest BCUT2D eigenvalue weighted by Crippen LogP contribution is 2.54. The van der Waals surface area contributed by atoms with Crippen LogP contribution in [0.15, 0.2) is 48.5 Å². The van der Waals surface area contributed by atoms with Crippen LogP contribution in [-0.2, 0) is 16.0 Å². The Labute approximate surface area is 235 Å². The zero-order valence-electron chi connectivity index (χ0n) is 22.9. The van der Waals surface area contributed by atoms with Crippen molar-refractivity contribution in [3.05, 3.63) is 76.5 Å². The molecule has 216 valence electrons. The maximum absolute atomic E-state index is 13.8. The third kappa shape index (κ3) is 5.36. The smallest absolute Gasteiger partial charge is 0.497 e. The van der Waals surface area contributed by atoms with Crippen molar-refractivity contribution in [2.45, 2.75) is 51.4 Å². The Morgan fingerprint density at radius 2 is 1.71 bits per heavy atom. The highest BCUT2D eigenvalue weighted by atomic mass is 19.3. The molecule has 1 aliphatic heterocycles. The van der Waals surface area contributed by atoms with E-state index in [0.717, 1.165) is 0 Å². The SMILES string of the molecule is COc1ccc([C@@H]2c3nc(NC(C)C)ccc3[C@H](c3ccc4c(c3)OC(F)(F)O4)C2C(=O)O)c(CC(C)C(=O)O)c1. The minimum atomic E-state index is -3.82. The number of anilines is 1. The summed E-state index contributed by atoms with van der Waals surface area (Å²) in [4.78, 5) is 29.7. The van der Waals surface area contributed by atoms with Gasteiger partial charge >= 0.3 is 18.2 Å². The third-order valence-corrected chi connectivity index (χ3v) is 7.44. The Bertz CT molecular complexity index is 1510. The number of halogens is 2. The van der Waals surface area contributed by atoms with E-state index in [0.29, 0.717) is 39.5 Å². The Balaban J connectivity index is 1.70. The highest BCUT2D eigenvalue weighted by Gasteiger charge is 2.50. The van der Waals surface area contributed by atoms with E-state index < -0.39 is 41.9 Å². The molecule has 9 nitrogen and oxygen atoms in total. The van der Waals surface area contributed by atoms with Crippen molar-refractivity contribution in [2.24, 2.45) is 11.8 Å². The van der Waals surface area contributed by atoms with E-state index in [1.165, 1.54) is 19.2 Å². The molecule has 0 amide bonds. The number of hydrogen-bond acceptors (Lipinski definition) is 7. The number of aliphatic carboxylic acids is 2. The number of pyridine rings is 1. The van der Waals surface area contributed by atoms with Gasteiger partial charge in [0.1, 0.15) is 11.6 Å². The molecule has 0 bridgehead atoms. The van der Waals surface area contributed by atoms with E-state index in [1.807, 2.05) is 13.8 Å². The van der Waals surface area contributed by atoms with Crippen LogP contribution < -0.4 is 19.5 Å². The molecule has 41 heavy (non-hydrogen) atoms. The number of aromatic nitrogens is 1. The predicted molar refractivity (Wildman–Crippen MR) is 144 cm³/mol. The van der Waals surface area contributed by atoms with E-state index in [9.17, 15) is 28.6 Å². The summed E-state index contributed by atoms with van der Waals surface area (Å²) in [7, 11) is 1.49. The molecule has 0 saturated heterocycles. The first-order chi connectivity index (χ1) is 19.4. The molecular formula is C30H30F2N2O7. The molecule has 2 aliphatic rings. The molecule has 2 aromatic carbocycles. The van der Waals surface area contributed by atoms with E-state index in [2.05, 4.69) is 14.8 Å². The van der Waals surface area contributed by atoms with Crippen LogP contribution in [0.4, 0.5) is 14.6 Å². The lowest BCUT2D eigenvalue weighted by atomic mass is 9.78. The Morgan fingerprint density at radius 3 is 2.37 bits per heavy atom. The number of carboxylic acid groups (broad SMARTS) is 2. The molecule has 2 unspecified atom stereocenters. The number of ether oxygens (including phenoxy) is 3. The predicted octanol–water partition coefficient (Wildman–Crippen LogP) is 5.47. The van der Waals surface area contributed by atoms with Crippen LogP contribution >= 0.6 is 0 Å². The van der Waals surface area contributed by atoms with Gasteiger partial charge in [0.2, 0.25) is 0 Å². The number of rotatable bonds is 9. The quantitative estimate of drug-likeness (QED) is 0.308. The van der Waals surface area contributed by atoms with Crippen LogP contribution in [-0.4, -0.2) is 46.6 Å². The second kappa shape index (κ2) is 10.5. The van der Waals surface area contributed by atoms with E-state index >= 15 is 0 Å². The Morgan fingerprint density at radius 1 is 1.00 bits per heavy atom. The summed E-state index contributed by atoms with van der Waals surface area (Å²) < 4.78 is 42.2. The van der Waals surface area contributed by atoms with Gasteiger partial charge in [0, 0.05) is 17.9 Å². The molecule has 2 heterocycles. The van der Waals surface area contributed by atoms with Crippen LogP contribution in [0.25, 0.3) is 0 Å². The van der Waals surface area contributed by atoms with Gasteiger partial charge in [-0.3, -0.25) is 9.59 Å². The van der Waals surface area contributed by atoms with Gasteiger partial charge in [-0.25, -0.2) is 4.98 Å². The summed E-state index contributed by atoms with van der Waals surface area (Å²) in [6.07, 6.45) is -3.69. The van der Waals surface area contributed by atoms with Gasteiger partial charge in [-0.2, -0.15) is 0 Å². The van der Waals surface area contributed by atoms with Crippen molar-refractivity contribution in [3.63, 3.8) is 0 Å². The van der Waals surface area contributed by atoms with Crippen molar-refractivity contribution in [2.75, 3.05) is 12.4 Å². The lowest BCUT2D eigenvalue weighted by molar-refractivity contribution is -0.286. The number of carboxylic acids is 2. The molecule has 0 radical (unpaired) electrons. The van der Waals surface area contributed by atoms with Crippen molar-refractivity contribution in [1.29, 1.82) is 0 Å². The van der Waals surface area contributed by atoms with E-state index in [1.54, 1.807) is 43.3 Å². The number of nitrogens with one attached hydrogen (secondary N) is 1. The van der Waals surface area contributed by atoms with Gasteiger partial charge in [0.05, 0.1) is 24.6 Å². The average molecular weight is 569 g/mol. The van der Waals surface area contributed by atoms with Gasteiger partial charge < -0.3 is 29.7 Å². The molecule has 0 saturated carbocycles. The molecule has 3 aromatic rings. The maximum atomic E-state index is 13.8. The molecule has 11 heteroatoms. The van der Waals surface area contributed by atoms with E-state index in [4.69, 9.17) is 9.72 Å². The minimum Gasteiger partial charge on any atom is -0.497 e. The number of methoxy groups -OCH3 is 1. The van der Waals surface area contributed by atoms with Gasteiger partial charge in [-0.1, -0.05) is 25.1 Å². The summed E-state index contributed by atoms with van der Waals surface area (Å²) in [5, 5.41) is 23.5. The van der Waals surface area contributed by atoms with Gasteiger partial charge in [0.25, 0.3) is 0 Å². The van der Waals surface area contributed by atoms with Gasteiger partial charge in [0.15, 0.2) is 11.5 Å². The lowest BCUT2D eigenvalue weighted by Crippen LogP contribution is -2.26. The van der Waals surface area contributed by atoms with Crippen molar-refractivity contribution < 1.29 is 42.8 Å². The summed E-state index contributed by atoms with van der Waals surface area (Å²) in [5.41, 5.74) is 2.80. The second-order valence-corrected chi connectivity index (χ2v) is 10.7. The number of benzene rings is 2. The fourth-order valence-electron chi connectivity index (χ4n) is 5.71. The molecule has 3 N–H and O–H groups in total. The molecule has 1 aliphatic carbocycles. The number of nitrogens with zero attached hydrogens (tertiary/aromatic N) is 1. The number of alkyl halides is 2. The van der Waals surface area contributed by atoms with Crippen molar-refractivity contribution in [3.8, 4) is 17.2 Å². The van der Waals surface area contributed by atoms with Crippen LogP contribution in [0.5, 0.6) is 17.2 Å². The number of fused-ring (bicyclic) bond motifs is 2. The number of carbonyl (C=O) groups is 2. The van der Waals surface area contributed by atoms with Crippen LogP contribution in [0.1, 0.15) is 60.6 Å². The first-order valence-electron chi connectivity index (χ1n) is 13.2. The van der Waals surface area contributed by atoms with Crippen LogP contribution in [0.3, 0.4) is 0 Å². The fourth-order valence-corrected chi connectivity index (χ4v) is 5.71. The normalized spacial score (nSPS) is 20.9. The fraction of sp³-hybridized carbons (Fsp3) is 0.367. The maximum Gasteiger partial charge on any atom is 0.586 e. The molecule has 4 atom stereocenters. The Hall–Kier alpha value is -4.41. The van der Waals surface area contributed by atoms with Gasteiger partial charge in [-0.15, -0.1) is 8.78 Å². The lowest BCUT2D eigenvalue weighted by Gasteiger charge is -2.25. The second-order valence-electron chi connectivity index (χ2n) is 10.7. The first kappa shape index (κ1) is 28.1. The van der Waals surface area contributed by atoms with E-state index in [-0.39, 0.29) is 24.0 Å². The molecule has 1 aromatic heterocycles. The van der Waals surface area contributed by atoms with Crippen LogP contribution in [0.2, 0.25) is 0 Å². The van der Waals surface area contributed by atoms with Crippen molar-refractivity contribution >= 4 is 17.8 Å². The standard InChI is InChI=1S/C30H30F2N2O7/c1-14(2)33-23-10-8-20-24(16-5-9-21-22(13-16)41-30(31,32)40-21)26(29(37)38)25(27(20)34-23)19-7-6-18(39-4)12-17(19)11-15(3)28(35)36/h5-10,12-15,24-26H,11H2,1-4H3,(H,33,34)(H,35,36)(H,37,38)/t15?,24-,25-,26?/m0/s1. The zero-order valence-corrected chi connectivity index (χ0v) is 22.9. The minimum absolute atomic E-state index is 0.0509. The first-order valence-corrected chi connectivity index (χ1v) is 13.2. The van der Waals surface area contributed by atoms with Crippen molar-refractivity contribution in [1.82, 2.24) is 4.98 Å². The summed E-state index contributed by atoms with van der Waals surface area (Å²) in [6.45, 7) is 5.48. The molecule has 0 spiro atoms. The monoisotopic (exact) mass is 568 g/mol. The summed E-state index contributed by atoms with van der Waals surface area (Å²) in [6, 6.07) is 13.1. The van der Waals surface area contributed by atoms with Crippen LogP contribution in [0, 0.1) is 11.8 Å². The molecule has 5 rings (SSSR count). The summed E-state index contributed by atoms with van der Waals surface area (Å²) in [5.74, 6) is -4.79. The molecular weight excluding hydrogens is 538 g/mol. The molecule has 0 fully saturated rings. The topological polar surface area (TPSA) is 127 Å². The zero-order chi connectivity index (χ0) is 29.6. The highest BCUT2D eigenvalue weighted by molar-refractivity contribution is 5.78. The largest absolute Gasteiger partial charge is 0.586 e. The van der Waals surface area contributed by atoms with Gasteiger partial charge in [-0.05, 0) is 72.9 Å².